The number of methoxy groups -OCH3 is 1. The summed E-state index contributed by atoms with van der Waals surface area (Å²) in [6.45, 7) is 2.29. The quantitative estimate of drug-likeness (QED) is 0.302. The summed E-state index contributed by atoms with van der Waals surface area (Å²) in [7, 11) is 1.30. The molecule has 2 aliphatic rings. The number of rotatable bonds is 7. The van der Waals surface area contributed by atoms with Crippen molar-refractivity contribution >= 4 is 5.57 Å². The van der Waals surface area contributed by atoms with Crippen molar-refractivity contribution in [3.05, 3.63) is 83.7 Å². The van der Waals surface area contributed by atoms with Gasteiger partial charge in [0.25, 0.3) is 0 Å². The van der Waals surface area contributed by atoms with Crippen molar-refractivity contribution < 1.29 is 17.9 Å². The minimum Gasteiger partial charge on any atom is -0.494 e. The van der Waals surface area contributed by atoms with E-state index in [1.807, 2.05) is 24.3 Å². The van der Waals surface area contributed by atoms with E-state index in [2.05, 4.69) is 13.0 Å². The first-order valence-electron chi connectivity index (χ1n) is 14.1. The Balaban J connectivity index is 1.26. The van der Waals surface area contributed by atoms with Crippen LogP contribution < -0.4 is 4.74 Å². The van der Waals surface area contributed by atoms with Gasteiger partial charge < -0.3 is 4.74 Å². The van der Waals surface area contributed by atoms with Crippen LogP contribution in [0.5, 0.6) is 5.75 Å². The summed E-state index contributed by atoms with van der Waals surface area (Å²) >= 11 is 0. The van der Waals surface area contributed by atoms with Crippen molar-refractivity contribution in [3.8, 4) is 28.0 Å². The highest BCUT2D eigenvalue weighted by molar-refractivity contribution is 5.74. The third-order valence-corrected chi connectivity index (χ3v) is 8.82. The zero-order valence-corrected chi connectivity index (χ0v) is 22.4. The Kier molecular flexibility index (Phi) is 8.26. The van der Waals surface area contributed by atoms with Gasteiger partial charge in [0.2, 0.25) is 5.82 Å². The fourth-order valence-corrected chi connectivity index (χ4v) is 6.59. The number of hydrogen-bond acceptors (Lipinski definition) is 1. The third kappa shape index (κ3) is 5.55. The van der Waals surface area contributed by atoms with Crippen molar-refractivity contribution in [2.75, 3.05) is 7.11 Å². The lowest BCUT2D eigenvalue weighted by atomic mass is 9.70. The fourth-order valence-electron chi connectivity index (χ4n) is 6.59. The Bertz CT molecular complexity index is 1290. The molecule has 2 aliphatic carbocycles. The second-order valence-corrected chi connectivity index (χ2v) is 11.0. The van der Waals surface area contributed by atoms with Crippen LogP contribution in [0.1, 0.15) is 70.3 Å². The van der Waals surface area contributed by atoms with Crippen LogP contribution in [0.3, 0.4) is 0 Å². The Morgan fingerprint density at radius 2 is 1.42 bits per heavy atom. The van der Waals surface area contributed by atoms with Crippen LogP contribution in [-0.2, 0) is 0 Å². The molecule has 1 atom stereocenters. The second kappa shape index (κ2) is 11.8. The van der Waals surface area contributed by atoms with E-state index in [0.29, 0.717) is 11.1 Å². The minimum atomic E-state index is -1.01. The summed E-state index contributed by atoms with van der Waals surface area (Å²) < 4.78 is 48.7. The molecular formula is C34H37F3O. The lowest BCUT2D eigenvalue weighted by Gasteiger charge is -2.35. The number of halogens is 3. The molecule has 0 aliphatic heterocycles. The molecule has 0 radical (unpaired) electrons. The highest BCUT2D eigenvalue weighted by Gasteiger charge is 2.29. The largest absolute Gasteiger partial charge is 0.494 e. The predicted molar refractivity (Wildman–Crippen MR) is 149 cm³/mol. The molecule has 1 saturated carbocycles. The maximum absolute atomic E-state index is 15.3. The van der Waals surface area contributed by atoms with Gasteiger partial charge in [-0.15, -0.1) is 0 Å². The van der Waals surface area contributed by atoms with Gasteiger partial charge in [0.05, 0.1) is 7.11 Å². The van der Waals surface area contributed by atoms with Gasteiger partial charge in [-0.2, -0.15) is 4.39 Å². The Morgan fingerprint density at radius 3 is 2.05 bits per heavy atom. The fraction of sp³-hybridized carbons (Fsp3) is 0.412. The number of hydrogen-bond donors (Lipinski definition) is 0. The summed E-state index contributed by atoms with van der Waals surface area (Å²) in [6, 6.07) is 15.4. The zero-order chi connectivity index (χ0) is 26.6. The molecule has 200 valence electrons. The lowest BCUT2D eigenvalue weighted by Crippen LogP contribution is -2.23. The van der Waals surface area contributed by atoms with Crippen LogP contribution in [0.25, 0.3) is 27.8 Å². The molecule has 4 heteroatoms. The Labute approximate surface area is 224 Å². The maximum Gasteiger partial charge on any atom is 0.201 e. The summed E-state index contributed by atoms with van der Waals surface area (Å²) in [5.41, 5.74) is 4.12. The van der Waals surface area contributed by atoms with E-state index in [1.165, 1.54) is 57.8 Å². The molecule has 1 unspecified atom stereocenters. The van der Waals surface area contributed by atoms with E-state index in [4.69, 9.17) is 4.74 Å². The zero-order valence-electron chi connectivity index (χ0n) is 22.4. The minimum absolute atomic E-state index is 0.128. The van der Waals surface area contributed by atoms with E-state index in [0.717, 1.165) is 53.7 Å². The van der Waals surface area contributed by atoms with Crippen LogP contribution in [0.15, 0.2) is 60.7 Å². The molecule has 3 aromatic carbocycles. The van der Waals surface area contributed by atoms with Gasteiger partial charge in [-0.25, -0.2) is 8.78 Å². The number of allylic oxidation sites excluding steroid dienone is 2. The normalized spacial score (nSPS) is 21.7. The molecule has 0 N–H and O–H groups in total. The molecule has 0 spiro atoms. The summed E-state index contributed by atoms with van der Waals surface area (Å²) in [4.78, 5) is 0. The SMILES string of the molecule is CCCC1CCC(C2CC=C(c3ccc(-c4ccc(-c5ccc(OC)c(F)c5F)cc4)cc3F)CC2)CC1. The van der Waals surface area contributed by atoms with Crippen molar-refractivity contribution in [1.29, 1.82) is 0 Å². The summed E-state index contributed by atoms with van der Waals surface area (Å²) in [5, 5.41) is 0. The Morgan fingerprint density at radius 1 is 0.737 bits per heavy atom. The molecule has 0 bridgehead atoms. The monoisotopic (exact) mass is 518 g/mol. The maximum atomic E-state index is 15.3. The van der Waals surface area contributed by atoms with Crippen molar-refractivity contribution in [2.24, 2.45) is 17.8 Å². The van der Waals surface area contributed by atoms with Crippen molar-refractivity contribution in [3.63, 3.8) is 0 Å². The first-order chi connectivity index (χ1) is 18.5. The van der Waals surface area contributed by atoms with E-state index in [1.54, 1.807) is 18.2 Å². The molecule has 38 heavy (non-hydrogen) atoms. The van der Waals surface area contributed by atoms with Gasteiger partial charge in [0.1, 0.15) is 5.82 Å². The average molecular weight is 519 g/mol. The highest BCUT2D eigenvalue weighted by Crippen LogP contribution is 2.42. The molecule has 3 aromatic rings. The smallest absolute Gasteiger partial charge is 0.201 e. The van der Waals surface area contributed by atoms with Gasteiger partial charge >= 0.3 is 0 Å². The molecule has 0 amide bonds. The standard InChI is InChI=1S/C34H37F3O/c1-3-4-22-5-7-23(8-6-22)24-9-13-26(14-10-24)29-18-17-28(21-31(29)35)25-11-15-27(16-12-25)30-19-20-32(38-2)34(37)33(30)36/h11-13,15-24H,3-10,14H2,1-2H3. The first-order valence-corrected chi connectivity index (χ1v) is 14.1. The van der Waals surface area contributed by atoms with Crippen LogP contribution in [0, 0.1) is 35.2 Å². The van der Waals surface area contributed by atoms with Crippen LogP contribution in [0.4, 0.5) is 13.2 Å². The molecule has 1 nitrogen and oxygen atoms in total. The van der Waals surface area contributed by atoms with Gasteiger partial charge in [0.15, 0.2) is 11.6 Å². The molecular weight excluding hydrogens is 481 g/mol. The summed E-state index contributed by atoms with van der Waals surface area (Å²) in [6.07, 6.45) is 13.6. The molecule has 5 rings (SSSR count). The third-order valence-electron chi connectivity index (χ3n) is 8.82. The van der Waals surface area contributed by atoms with E-state index >= 15 is 4.39 Å². The summed E-state index contributed by atoms with van der Waals surface area (Å²) in [5.74, 6) is 0.219. The van der Waals surface area contributed by atoms with Gasteiger partial charge in [-0.3, -0.25) is 0 Å². The molecule has 0 saturated heterocycles. The van der Waals surface area contributed by atoms with E-state index in [-0.39, 0.29) is 17.1 Å². The lowest BCUT2D eigenvalue weighted by molar-refractivity contribution is 0.189. The second-order valence-electron chi connectivity index (χ2n) is 11.0. The van der Waals surface area contributed by atoms with Crippen LogP contribution in [0.2, 0.25) is 0 Å². The number of benzene rings is 3. The van der Waals surface area contributed by atoms with Crippen molar-refractivity contribution in [2.45, 2.75) is 64.7 Å². The molecule has 0 aromatic heterocycles. The highest BCUT2D eigenvalue weighted by atomic mass is 19.2. The topological polar surface area (TPSA) is 9.23 Å². The molecule has 1 fully saturated rings. The average Bonchev–Trinajstić information content (AvgIpc) is 2.95. The van der Waals surface area contributed by atoms with E-state index in [9.17, 15) is 8.78 Å². The van der Waals surface area contributed by atoms with Crippen molar-refractivity contribution in [1.82, 2.24) is 0 Å². The van der Waals surface area contributed by atoms with E-state index < -0.39 is 11.6 Å². The Hall–Kier alpha value is -3.01. The van der Waals surface area contributed by atoms with Gasteiger partial charge in [-0.1, -0.05) is 75.1 Å². The van der Waals surface area contributed by atoms with Crippen LogP contribution >= 0.6 is 0 Å². The molecule has 0 heterocycles. The van der Waals surface area contributed by atoms with Gasteiger partial charge in [-0.05, 0) is 90.3 Å². The number of ether oxygens (including phenoxy) is 1. The van der Waals surface area contributed by atoms with Gasteiger partial charge in [0, 0.05) is 11.1 Å². The first kappa shape index (κ1) is 26.6. The van der Waals surface area contributed by atoms with Crippen LogP contribution in [-0.4, -0.2) is 7.11 Å². The predicted octanol–water partition coefficient (Wildman–Crippen LogP) is 10.2.